The number of ether oxygens (including phenoxy) is 1. The summed E-state index contributed by atoms with van der Waals surface area (Å²) in [5.74, 6) is 1.28. The zero-order valence-corrected chi connectivity index (χ0v) is 13.3. The van der Waals surface area contributed by atoms with Gasteiger partial charge >= 0.3 is 6.09 Å². The molecular formula is C15H24N4O2. The second-order valence-electron chi connectivity index (χ2n) is 5.87. The Morgan fingerprint density at radius 2 is 1.95 bits per heavy atom. The molecule has 1 amide bonds. The summed E-state index contributed by atoms with van der Waals surface area (Å²) in [6, 6.07) is 0. The highest BCUT2D eigenvalue weighted by Crippen LogP contribution is 2.17. The van der Waals surface area contributed by atoms with Gasteiger partial charge in [0.15, 0.2) is 0 Å². The number of rotatable bonds is 3. The van der Waals surface area contributed by atoms with E-state index < -0.39 is 0 Å². The number of anilines is 1. The standard InChI is InChI=1S/C15H24N4O2/c1-11(2)10-21-15(20)19-7-5-18(6-8-19)14-13(4)16-9-12(3)17-14/h9,11H,5-8,10H2,1-4H3. The number of aryl methyl sites for hydroxylation is 2. The largest absolute Gasteiger partial charge is 0.449 e. The van der Waals surface area contributed by atoms with Crippen molar-refractivity contribution in [1.29, 1.82) is 0 Å². The Morgan fingerprint density at radius 3 is 2.57 bits per heavy atom. The molecule has 0 aliphatic carbocycles. The van der Waals surface area contributed by atoms with Crippen LogP contribution in [0.3, 0.4) is 0 Å². The molecule has 2 heterocycles. The van der Waals surface area contributed by atoms with E-state index >= 15 is 0 Å². The van der Waals surface area contributed by atoms with E-state index in [4.69, 9.17) is 4.74 Å². The average Bonchev–Trinajstić information content (AvgIpc) is 2.47. The van der Waals surface area contributed by atoms with E-state index in [0.717, 1.165) is 30.3 Å². The summed E-state index contributed by atoms with van der Waals surface area (Å²) in [6.07, 6.45) is 1.56. The maximum absolute atomic E-state index is 11.9. The molecule has 116 valence electrons. The highest BCUT2D eigenvalue weighted by Gasteiger charge is 2.24. The third-order valence-electron chi connectivity index (χ3n) is 3.43. The van der Waals surface area contributed by atoms with Gasteiger partial charge in [0.1, 0.15) is 5.82 Å². The molecule has 0 unspecified atom stereocenters. The van der Waals surface area contributed by atoms with Crippen molar-refractivity contribution in [2.24, 2.45) is 5.92 Å². The van der Waals surface area contributed by atoms with Gasteiger partial charge < -0.3 is 14.5 Å². The minimum atomic E-state index is -0.213. The molecule has 1 fully saturated rings. The molecule has 6 nitrogen and oxygen atoms in total. The van der Waals surface area contributed by atoms with E-state index in [1.165, 1.54) is 0 Å². The molecule has 0 radical (unpaired) electrons. The third-order valence-corrected chi connectivity index (χ3v) is 3.43. The van der Waals surface area contributed by atoms with E-state index in [2.05, 4.69) is 14.9 Å². The van der Waals surface area contributed by atoms with Gasteiger partial charge in [0.25, 0.3) is 0 Å². The lowest BCUT2D eigenvalue weighted by Gasteiger charge is -2.35. The average molecular weight is 292 g/mol. The second kappa shape index (κ2) is 6.74. The quantitative estimate of drug-likeness (QED) is 0.853. The Morgan fingerprint density at radius 1 is 1.29 bits per heavy atom. The van der Waals surface area contributed by atoms with Crippen LogP contribution in [0.2, 0.25) is 0 Å². The number of aromatic nitrogens is 2. The fraction of sp³-hybridized carbons (Fsp3) is 0.667. The smallest absolute Gasteiger partial charge is 0.409 e. The van der Waals surface area contributed by atoms with Crippen LogP contribution in [0.25, 0.3) is 0 Å². The van der Waals surface area contributed by atoms with Gasteiger partial charge in [-0.05, 0) is 19.8 Å². The molecule has 0 aromatic carbocycles. The lowest BCUT2D eigenvalue weighted by atomic mass is 10.2. The molecule has 1 aliphatic rings. The molecule has 1 saturated heterocycles. The number of carbonyl (C=O) groups is 1. The van der Waals surface area contributed by atoms with Crippen LogP contribution < -0.4 is 4.90 Å². The molecule has 21 heavy (non-hydrogen) atoms. The Kier molecular flexibility index (Phi) is 4.98. The van der Waals surface area contributed by atoms with Crippen molar-refractivity contribution >= 4 is 11.9 Å². The van der Waals surface area contributed by atoms with E-state index in [1.54, 1.807) is 11.1 Å². The normalized spacial score (nSPS) is 15.5. The molecule has 1 aromatic heterocycles. The summed E-state index contributed by atoms with van der Waals surface area (Å²) < 4.78 is 5.27. The molecular weight excluding hydrogens is 268 g/mol. The van der Waals surface area contributed by atoms with Crippen molar-refractivity contribution in [1.82, 2.24) is 14.9 Å². The van der Waals surface area contributed by atoms with Gasteiger partial charge in [-0.2, -0.15) is 0 Å². The predicted molar refractivity (Wildman–Crippen MR) is 81.5 cm³/mol. The minimum Gasteiger partial charge on any atom is -0.449 e. The van der Waals surface area contributed by atoms with Crippen molar-refractivity contribution in [2.45, 2.75) is 27.7 Å². The maximum atomic E-state index is 11.9. The van der Waals surface area contributed by atoms with Gasteiger partial charge in [-0.1, -0.05) is 13.8 Å². The van der Waals surface area contributed by atoms with Gasteiger partial charge in [-0.25, -0.2) is 9.78 Å². The highest BCUT2D eigenvalue weighted by molar-refractivity contribution is 5.68. The zero-order valence-electron chi connectivity index (χ0n) is 13.3. The first kappa shape index (κ1) is 15.5. The Balaban J connectivity index is 1.91. The van der Waals surface area contributed by atoms with E-state index in [-0.39, 0.29) is 6.09 Å². The molecule has 0 saturated carbocycles. The summed E-state index contributed by atoms with van der Waals surface area (Å²) in [6.45, 7) is 11.3. The fourth-order valence-corrected chi connectivity index (χ4v) is 2.25. The monoisotopic (exact) mass is 292 g/mol. The van der Waals surface area contributed by atoms with Crippen molar-refractivity contribution in [3.8, 4) is 0 Å². The number of amides is 1. The van der Waals surface area contributed by atoms with Crippen LogP contribution in [0, 0.1) is 19.8 Å². The number of hydrogen-bond acceptors (Lipinski definition) is 5. The number of carbonyl (C=O) groups excluding carboxylic acids is 1. The zero-order chi connectivity index (χ0) is 15.4. The van der Waals surface area contributed by atoms with Crippen LogP contribution in [0.5, 0.6) is 0 Å². The first-order chi connectivity index (χ1) is 9.97. The van der Waals surface area contributed by atoms with Crippen molar-refractivity contribution in [2.75, 3.05) is 37.7 Å². The van der Waals surface area contributed by atoms with Crippen molar-refractivity contribution < 1.29 is 9.53 Å². The molecule has 0 N–H and O–H groups in total. The second-order valence-corrected chi connectivity index (χ2v) is 5.87. The minimum absolute atomic E-state index is 0.213. The predicted octanol–water partition coefficient (Wildman–Crippen LogP) is 2.01. The SMILES string of the molecule is Cc1cnc(C)c(N2CCN(C(=O)OCC(C)C)CC2)n1. The molecule has 0 atom stereocenters. The molecule has 1 aliphatic heterocycles. The van der Waals surface area contributed by atoms with Crippen LogP contribution in [0.15, 0.2) is 6.20 Å². The summed E-state index contributed by atoms with van der Waals surface area (Å²) in [5.41, 5.74) is 1.84. The summed E-state index contributed by atoms with van der Waals surface area (Å²) in [4.78, 5) is 24.8. The number of hydrogen-bond donors (Lipinski definition) is 0. The van der Waals surface area contributed by atoms with Gasteiger partial charge in [-0.15, -0.1) is 0 Å². The van der Waals surface area contributed by atoms with Crippen molar-refractivity contribution in [3.05, 3.63) is 17.6 Å². The van der Waals surface area contributed by atoms with E-state index in [1.807, 2.05) is 27.7 Å². The van der Waals surface area contributed by atoms with Crippen LogP contribution in [-0.2, 0) is 4.74 Å². The van der Waals surface area contributed by atoms with Crippen LogP contribution >= 0.6 is 0 Å². The topological polar surface area (TPSA) is 58.6 Å². The van der Waals surface area contributed by atoms with Gasteiger partial charge in [0.2, 0.25) is 0 Å². The number of piperazine rings is 1. The van der Waals surface area contributed by atoms with Crippen LogP contribution in [-0.4, -0.2) is 53.7 Å². The van der Waals surface area contributed by atoms with Crippen LogP contribution in [0.4, 0.5) is 10.6 Å². The molecule has 6 heteroatoms. The van der Waals surface area contributed by atoms with Gasteiger partial charge in [0, 0.05) is 32.4 Å². The van der Waals surface area contributed by atoms with E-state index in [9.17, 15) is 4.79 Å². The lowest BCUT2D eigenvalue weighted by molar-refractivity contribution is 0.0901. The highest BCUT2D eigenvalue weighted by atomic mass is 16.6. The fourth-order valence-electron chi connectivity index (χ4n) is 2.25. The lowest BCUT2D eigenvalue weighted by Crippen LogP contribution is -2.49. The molecule has 2 rings (SSSR count). The van der Waals surface area contributed by atoms with Crippen LogP contribution in [0.1, 0.15) is 25.2 Å². The molecule has 0 bridgehead atoms. The third kappa shape index (κ3) is 4.06. The first-order valence-electron chi connectivity index (χ1n) is 7.44. The van der Waals surface area contributed by atoms with Crippen molar-refractivity contribution in [3.63, 3.8) is 0 Å². The van der Waals surface area contributed by atoms with Gasteiger partial charge in [-0.3, -0.25) is 4.98 Å². The summed E-state index contributed by atoms with van der Waals surface area (Å²) >= 11 is 0. The Hall–Kier alpha value is -1.85. The van der Waals surface area contributed by atoms with E-state index in [0.29, 0.717) is 25.6 Å². The Bertz CT molecular complexity index is 496. The Labute approximate surface area is 126 Å². The summed E-state index contributed by atoms with van der Waals surface area (Å²) in [7, 11) is 0. The van der Waals surface area contributed by atoms with Gasteiger partial charge in [0.05, 0.1) is 18.0 Å². The molecule has 1 aromatic rings. The summed E-state index contributed by atoms with van der Waals surface area (Å²) in [5, 5.41) is 0. The first-order valence-corrected chi connectivity index (χ1v) is 7.44. The maximum Gasteiger partial charge on any atom is 0.409 e. The number of nitrogens with zero attached hydrogens (tertiary/aromatic N) is 4. The molecule has 0 spiro atoms.